The van der Waals surface area contributed by atoms with Gasteiger partial charge in [-0.25, -0.2) is 4.39 Å². The van der Waals surface area contributed by atoms with Crippen LogP contribution in [0.3, 0.4) is 0 Å². The highest BCUT2D eigenvalue weighted by molar-refractivity contribution is 5.96. The fourth-order valence-corrected chi connectivity index (χ4v) is 1.67. The van der Waals surface area contributed by atoms with Gasteiger partial charge in [-0.2, -0.15) is 0 Å². The van der Waals surface area contributed by atoms with Crippen LogP contribution in [-0.4, -0.2) is 28.8 Å². The number of nitro groups is 1. The Hall–Kier alpha value is -2.51. The van der Waals surface area contributed by atoms with E-state index in [1.807, 2.05) is 0 Å². The Labute approximate surface area is 126 Å². The monoisotopic (exact) mass is 312 g/mol. The van der Waals surface area contributed by atoms with Crippen molar-refractivity contribution in [1.82, 2.24) is 0 Å². The molecule has 1 aromatic rings. The summed E-state index contributed by atoms with van der Waals surface area (Å²) in [6, 6.07) is 1.66. The third-order valence-corrected chi connectivity index (χ3v) is 2.50. The van der Waals surface area contributed by atoms with Crippen LogP contribution in [0.2, 0.25) is 0 Å². The second kappa shape index (κ2) is 6.50. The number of ketones is 1. The van der Waals surface area contributed by atoms with Gasteiger partial charge in [0.15, 0.2) is 5.78 Å². The third kappa shape index (κ3) is 4.80. The number of rotatable bonds is 5. The Bertz CT molecular complexity index is 622. The minimum atomic E-state index is -0.898. The minimum Gasteiger partial charge on any atom is -0.459 e. The number of carbonyl (C=O) groups excluding carboxylic acids is 2. The number of esters is 1. The van der Waals surface area contributed by atoms with Gasteiger partial charge in [0.2, 0.25) is 0 Å². The topological polar surface area (TPSA) is 98.5 Å². The van der Waals surface area contributed by atoms with Gasteiger partial charge in [0, 0.05) is 12.1 Å². The van der Waals surface area contributed by atoms with E-state index in [1.165, 1.54) is 0 Å². The van der Waals surface area contributed by atoms with E-state index < -0.39 is 33.8 Å². The molecule has 0 saturated heterocycles. The second-order valence-corrected chi connectivity index (χ2v) is 5.60. The van der Waals surface area contributed by atoms with Crippen molar-refractivity contribution >= 4 is 23.1 Å². The van der Waals surface area contributed by atoms with E-state index in [4.69, 9.17) is 4.74 Å². The molecule has 0 atom stereocenters. The van der Waals surface area contributed by atoms with Gasteiger partial charge in [-0.15, -0.1) is 0 Å². The van der Waals surface area contributed by atoms with Crippen molar-refractivity contribution in [1.29, 1.82) is 0 Å². The largest absolute Gasteiger partial charge is 0.459 e. The smallest absolute Gasteiger partial charge is 0.325 e. The Morgan fingerprint density at radius 3 is 2.41 bits per heavy atom. The van der Waals surface area contributed by atoms with E-state index in [-0.39, 0.29) is 17.8 Å². The minimum absolute atomic E-state index is 0.196. The molecule has 7 nitrogen and oxygen atoms in total. The molecule has 22 heavy (non-hydrogen) atoms. The summed E-state index contributed by atoms with van der Waals surface area (Å²) in [7, 11) is 0. The molecule has 0 amide bonds. The molecular weight excluding hydrogens is 295 g/mol. The average Bonchev–Trinajstić information content (AvgIpc) is 2.33. The number of benzene rings is 1. The van der Waals surface area contributed by atoms with Crippen LogP contribution in [0.5, 0.6) is 0 Å². The van der Waals surface area contributed by atoms with Crippen molar-refractivity contribution in [2.45, 2.75) is 33.3 Å². The lowest BCUT2D eigenvalue weighted by Crippen LogP contribution is -2.28. The number of halogens is 1. The molecule has 0 aliphatic heterocycles. The van der Waals surface area contributed by atoms with Gasteiger partial charge in [-0.3, -0.25) is 19.7 Å². The van der Waals surface area contributed by atoms with Gasteiger partial charge in [-0.1, -0.05) is 0 Å². The first-order valence-corrected chi connectivity index (χ1v) is 6.46. The molecule has 0 unspecified atom stereocenters. The van der Waals surface area contributed by atoms with Gasteiger partial charge in [0.25, 0.3) is 5.69 Å². The van der Waals surface area contributed by atoms with Gasteiger partial charge >= 0.3 is 5.97 Å². The van der Waals surface area contributed by atoms with E-state index >= 15 is 0 Å². The molecule has 0 radical (unpaired) electrons. The molecule has 0 heterocycles. The van der Waals surface area contributed by atoms with Gasteiger partial charge in [0.05, 0.1) is 10.5 Å². The average molecular weight is 312 g/mol. The molecule has 0 aromatic heterocycles. The second-order valence-electron chi connectivity index (χ2n) is 5.60. The highest BCUT2D eigenvalue weighted by Crippen LogP contribution is 2.28. The van der Waals surface area contributed by atoms with E-state index in [0.29, 0.717) is 0 Å². The molecule has 0 aliphatic carbocycles. The Kier molecular flexibility index (Phi) is 5.19. The summed E-state index contributed by atoms with van der Waals surface area (Å²) in [6.45, 7) is 5.77. The zero-order valence-electron chi connectivity index (χ0n) is 12.7. The maximum atomic E-state index is 13.7. The summed E-state index contributed by atoms with van der Waals surface area (Å²) in [6.07, 6.45) is 0. The van der Waals surface area contributed by atoms with E-state index in [0.717, 1.165) is 19.1 Å². The van der Waals surface area contributed by atoms with E-state index in [9.17, 15) is 24.1 Å². The van der Waals surface area contributed by atoms with Crippen molar-refractivity contribution in [2.24, 2.45) is 0 Å². The number of hydrogen-bond acceptors (Lipinski definition) is 6. The molecule has 0 aliphatic rings. The molecule has 0 saturated carbocycles. The van der Waals surface area contributed by atoms with Gasteiger partial charge < -0.3 is 10.1 Å². The Balaban J connectivity index is 3.00. The molecular formula is C14H17FN2O5. The number of hydrogen-bond donors (Lipinski definition) is 1. The van der Waals surface area contributed by atoms with Crippen molar-refractivity contribution < 1.29 is 23.6 Å². The van der Waals surface area contributed by atoms with E-state index in [2.05, 4.69) is 5.32 Å². The molecule has 1 N–H and O–H groups in total. The maximum Gasteiger partial charge on any atom is 0.325 e. The van der Waals surface area contributed by atoms with Crippen molar-refractivity contribution in [3.05, 3.63) is 33.6 Å². The SMILES string of the molecule is CC(=O)c1cc([N+](=O)[O-])c(NCC(=O)OC(C)(C)C)cc1F. The summed E-state index contributed by atoms with van der Waals surface area (Å²) in [4.78, 5) is 33.0. The standard InChI is InChI=1S/C14H17FN2O5/c1-8(18)9-5-12(17(20)21)11(6-10(9)15)16-7-13(19)22-14(2,3)4/h5-6,16H,7H2,1-4H3. The lowest BCUT2D eigenvalue weighted by atomic mass is 10.1. The van der Waals surface area contributed by atoms with Gasteiger partial charge in [-0.05, 0) is 27.7 Å². The van der Waals surface area contributed by atoms with Crippen LogP contribution in [0.1, 0.15) is 38.1 Å². The molecule has 1 rings (SSSR count). The summed E-state index contributed by atoms with van der Waals surface area (Å²) in [5, 5.41) is 13.5. The predicted octanol–water partition coefficient (Wildman–Crippen LogP) is 2.69. The zero-order valence-corrected chi connectivity index (χ0v) is 12.7. The highest BCUT2D eigenvalue weighted by atomic mass is 19.1. The van der Waals surface area contributed by atoms with Crippen molar-refractivity contribution in [3.63, 3.8) is 0 Å². The molecule has 120 valence electrons. The molecule has 0 spiro atoms. The maximum absolute atomic E-state index is 13.7. The van der Waals surface area contributed by atoms with Crippen LogP contribution in [0.15, 0.2) is 12.1 Å². The molecule has 0 bridgehead atoms. The summed E-state index contributed by atoms with van der Waals surface area (Å²) < 4.78 is 18.8. The Morgan fingerprint density at radius 2 is 1.95 bits per heavy atom. The highest BCUT2D eigenvalue weighted by Gasteiger charge is 2.22. The van der Waals surface area contributed by atoms with Crippen LogP contribution < -0.4 is 5.32 Å². The van der Waals surface area contributed by atoms with Crippen molar-refractivity contribution in [2.75, 3.05) is 11.9 Å². The lowest BCUT2D eigenvalue weighted by Gasteiger charge is -2.19. The summed E-state index contributed by atoms with van der Waals surface area (Å²) >= 11 is 0. The summed E-state index contributed by atoms with van der Waals surface area (Å²) in [5.41, 5.74) is -1.77. The normalized spacial score (nSPS) is 11.0. The molecule has 0 fully saturated rings. The first kappa shape index (κ1) is 17.5. The van der Waals surface area contributed by atoms with Crippen LogP contribution in [0, 0.1) is 15.9 Å². The summed E-state index contributed by atoms with van der Waals surface area (Å²) in [5.74, 6) is -2.16. The number of nitrogens with zero attached hydrogens (tertiary/aromatic N) is 1. The number of nitro benzene ring substituents is 1. The number of nitrogens with one attached hydrogen (secondary N) is 1. The van der Waals surface area contributed by atoms with Crippen molar-refractivity contribution in [3.8, 4) is 0 Å². The van der Waals surface area contributed by atoms with Gasteiger partial charge in [0.1, 0.15) is 23.7 Å². The number of Topliss-reactive ketones (excluding diaryl/α,β-unsaturated/α-hetero) is 1. The number of carbonyl (C=O) groups is 2. The number of anilines is 1. The predicted molar refractivity (Wildman–Crippen MR) is 77.4 cm³/mol. The van der Waals surface area contributed by atoms with Crippen LogP contribution >= 0.6 is 0 Å². The first-order valence-electron chi connectivity index (χ1n) is 6.46. The lowest BCUT2D eigenvalue weighted by molar-refractivity contribution is -0.384. The van der Waals surface area contributed by atoms with Crippen LogP contribution in [-0.2, 0) is 9.53 Å². The zero-order chi connectivity index (χ0) is 17.1. The number of ether oxygens (including phenoxy) is 1. The fourth-order valence-electron chi connectivity index (χ4n) is 1.67. The first-order chi connectivity index (χ1) is 10.0. The van der Waals surface area contributed by atoms with Crippen LogP contribution in [0.4, 0.5) is 15.8 Å². The molecule has 1 aromatic carbocycles. The fraction of sp³-hybridized carbons (Fsp3) is 0.429. The van der Waals surface area contributed by atoms with Crippen LogP contribution in [0.25, 0.3) is 0 Å². The third-order valence-electron chi connectivity index (χ3n) is 2.50. The van der Waals surface area contributed by atoms with E-state index in [1.54, 1.807) is 20.8 Å². The molecule has 8 heteroatoms. The quantitative estimate of drug-likeness (QED) is 0.388. The Morgan fingerprint density at radius 1 is 1.36 bits per heavy atom.